The van der Waals surface area contributed by atoms with Crippen LogP contribution in [0.3, 0.4) is 0 Å². The van der Waals surface area contributed by atoms with Crippen molar-refractivity contribution in [1.29, 1.82) is 0 Å². The highest BCUT2D eigenvalue weighted by Gasteiger charge is 2.25. The molecule has 1 fully saturated rings. The monoisotopic (exact) mass is 459 g/mol. The average Bonchev–Trinajstić information content (AvgIpc) is 3.26. The van der Waals surface area contributed by atoms with E-state index in [1.54, 1.807) is 0 Å². The van der Waals surface area contributed by atoms with Crippen LogP contribution in [0.1, 0.15) is 27.9 Å². The molecule has 0 spiro atoms. The van der Waals surface area contributed by atoms with Crippen LogP contribution in [0.2, 0.25) is 0 Å². The smallest absolute Gasteiger partial charge is 0.252 e. The van der Waals surface area contributed by atoms with Crippen LogP contribution in [-0.4, -0.2) is 41.6 Å². The lowest BCUT2D eigenvalue weighted by Crippen LogP contribution is -2.37. The van der Waals surface area contributed by atoms with Crippen LogP contribution >= 0.6 is 11.8 Å². The van der Waals surface area contributed by atoms with Crippen molar-refractivity contribution in [3.63, 3.8) is 0 Å². The van der Waals surface area contributed by atoms with Gasteiger partial charge >= 0.3 is 0 Å². The minimum atomic E-state index is -0.0913. The molecule has 4 rings (SSSR count). The number of rotatable bonds is 8. The van der Waals surface area contributed by atoms with Crippen molar-refractivity contribution < 1.29 is 9.59 Å². The first-order valence-electron chi connectivity index (χ1n) is 11.2. The third-order valence-electron chi connectivity index (χ3n) is 5.68. The number of thioether (sulfide) groups is 1. The number of nitrogens with one attached hydrogen (secondary N) is 2. The Bertz CT molecular complexity index is 1090. The van der Waals surface area contributed by atoms with Crippen LogP contribution in [0.5, 0.6) is 0 Å². The summed E-state index contributed by atoms with van der Waals surface area (Å²) in [5, 5.41) is 6.10. The SMILES string of the molecule is Cc1ccc(NC(=O)CSc2ccccc2C(=O)NC2CCN(Cc3ccccc3)C2)cc1. The highest BCUT2D eigenvalue weighted by atomic mass is 32.2. The lowest BCUT2D eigenvalue weighted by atomic mass is 10.2. The number of likely N-dealkylation sites (tertiary alicyclic amines) is 1. The summed E-state index contributed by atoms with van der Waals surface area (Å²) in [5.74, 6) is 0.0712. The summed E-state index contributed by atoms with van der Waals surface area (Å²) >= 11 is 1.38. The predicted molar refractivity (Wildman–Crippen MR) is 135 cm³/mol. The molecular formula is C27H29N3O2S. The van der Waals surface area contributed by atoms with Crippen LogP contribution in [-0.2, 0) is 11.3 Å². The van der Waals surface area contributed by atoms with Gasteiger partial charge in [0.1, 0.15) is 0 Å². The molecule has 0 aliphatic carbocycles. The Hall–Kier alpha value is -3.09. The van der Waals surface area contributed by atoms with Gasteiger partial charge in [-0.1, -0.05) is 60.2 Å². The molecule has 5 nitrogen and oxygen atoms in total. The summed E-state index contributed by atoms with van der Waals surface area (Å²) in [7, 11) is 0. The standard InChI is InChI=1S/C27H29N3O2S/c1-20-11-13-22(14-12-20)28-26(31)19-33-25-10-6-5-9-24(25)27(32)29-23-15-16-30(18-23)17-21-7-3-2-4-8-21/h2-14,23H,15-19H2,1H3,(H,28,31)(H,29,32). The third kappa shape index (κ3) is 6.70. The van der Waals surface area contributed by atoms with Gasteiger partial charge in [0.05, 0.1) is 11.3 Å². The van der Waals surface area contributed by atoms with Crippen LogP contribution in [0.4, 0.5) is 5.69 Å². The zero-order valence-electron chi connectivity index (χ0n) is 18.8. The quantitative estimate of drug-likeness (QED) is 0.478. The van der Waals surface area contributed by atoms with Gasteiger partial charge in [0, 0.05) is 36.3 Å². The zero-order valence-corrected chi connectivity index (χ0v) is 19.6. The number of benzene rings is 3. The first kappa shape index (κ1) is 23.1. The summed E-state index contributed by atoms with van der Waals surface area (Å²) in [6.07, 6.45) is 0.937. The molecule has 33 heavy (non-hydrogen) atoms. The second kappa shape index (κ2) is 11.2. The molecule has 0 radical (unpaired) electrons. The summed E-state index contributed by atoms with van der Waals surface area (Å²) in [6, 6.07) is 25.7. The Balaban J connectivity index is 1.30. The van der Waals surface area contributed by atoms with Crippen molar-refractivity contribution in [2.24, 2.45) is 0 Å². The maximum absolute atomic E-state index is 13.0. The summed E-state index contributed by atoms with van der Waals surface area (Å²) in [4.78, 5) is 28.6. The topological polar surface area (TPSA) is 61.4 Å². The summed E-state index contributed by atoms with van der Waals surface area (Å²) < 4.78 is 0. The molecule has 1 saturated heterocycles. The molecule has 0 aromatic heterocycles. The normalized spacial score (nSPS) is 15.8. The molecule has 0 bridgehead atoms. The first-order chi connectivity index (χ1) is 16.1. The molecule has 170 valence electrons. The van der Waals surface area contributed by atoms with E-state index in [2.05, 4.69) is 39.8 Å². The number of hydrogen-bond acceptors (Lipinski definition) is 4. The van der Waals surface area contributed by atoms with Gasteiger partial charge in [-0.15, -0.1) is 11.8 Å². The molecule has 1 atom stereocenters. The van der Waals surface area contributed by atoms with Crippen LogP contribution in [0.25, 0.3) is 0 Å². The van der Waals surface area contributed by atoms with E-state index in [0.717, 1.165) is 42.2 Å². The highest BCUT2D eigenvalue weighted by molar-refractivity contribution is 8.00. The van der Waals surface area contributed by atoms with E-state index in [9.17, 15) is 9.59 Å². The van der Waals surface area contributed by atoms with Crippen LogP contribution in [0.15, 0.2) is 83.8 Å². The van der Waals surface area contributed by atoms with Gasteiger partial charge in [0.15, 0.2) is 0 Å². The fourth-order valence-electron chi connectivity index (χ4n) is 3.96. The van der Waals surface area contributed by atoms with E-state index in [1.807, 2.05) is 61.5 Å². The molecule has 6 heteroatoms. The molecule has 1 heterocycles. The summed E-state index contributed by atoms with van der Waals surface area (Å²) in [5.41, 5.74) is 3.83. The Morgan fingerprint density at radius 2 is 1.70 bits per heavy atom. The van der Waals surface area contributed by atoms with Crippen LogP contribution in [0, 0.1) is 6.92 Å². The fraction of sp³-hybridized carbons (Fsp3) is 0.259. The predicted octanol–water partition coefficient (Wildman–Crippen LogP) is 4.73. The number of carbonyl (C=O) groups excluding carboxylic acids is 2. The Morgan fingerprint density at radius 3 is 2.48 bits per heavy atom. The van der Waals surface area contributed by atoms with Crippen molar-refractivity contribution >= 4 is 29.3 Å². The van der Waals surface area contributed by atoms with Gasteiger partial charge in [0.25, 0.3) is 5.91 Å². The number of hydrogen-bond donors (Lipinski definition) is 2. The maximum atomic E-state index is 13.0. The van der Waals surface area contributed by atoms with Gasteiger partial charge < -0.3 is 10.6 Å². The largest absolute Gasteiger partial charge is 0.348 e. The van der Waals surface area contributed by atoms with Gasteiger partial charge in [-0.2, -0.15) is 0 Å². The molecule has 2 N–H and O–H groups in total. The molecule has 2 amide bonds. The number of amides is 2. The maximum Gasteiger partial charge on any atom is 0.252 e. The van der Waals surface area contributed by atoms with Gasteiger partial charge in [-0.25, -0.2) is 0 Å². The van der Waals surface area contributed by atoms with E-state index in [1.165, 1.54) is 17.3 Å². The highest BCUT2D eigenvalue weighted by Crippen LogP contribution is 2.24. The average molecular weight is 460 g/mol. The van der Waals surface area contributed by atoms with Gasteiger partial charge in [-0.3, -0.25) is 14.5 Å². The van der Waals surface area contributed by atoms with E-state index in [0.29, 0.717) is 5.56 Å². The Morgan fingerprint density at radius 1 is 0.970 bits per heavy atom. The summed E-state index contributed by atoms with van der Waals surface area (Å²) in [6.45, 7) is 4.72. The minimum Gasteiger partial charge on any atom is -0.348 e. The Labute approximate surface area is 199 Å². The van der Waals surface area contributed by atoms with Crippen molar-refractivity contribution in [2.45, 2.75) is 30.8 Å². The van der Waals surface area contributed by atoms with E-state index < -0.39 is 0 Å². The molecule has 1 aliphatic heterocycles. The fourth-order valence-corrected chi connectivity index (χ4v) is 4.81. The number of carbonyl (C=O) groups is 2. The van der Waals surface area contributed by atoms with Crippen molar-refractivity contribution in [2.75, 3.05) is 24.2 Å². The van der Waals surface area contributed by atoms with Crippen molar-refractivity contribution in [3.8, 4) is 0 Å². The van der Waals surface area contributed by atoms with Gasteiger partial charge in [-0.05, 0) is 43.2 Å². The molecular weight excluding hydrogens is 430 g/mol. The first-order valence-corrected chi connectivity index (χ1v) is 12.2. The van der Waals surface area contributed by atoms with Crippen LogP contribution < -0.4 is 10.6 Å². The second-order valence-corrected chi connectivity index (χ2v) is 9.40. The molecule has 0 saturated carbocycles. The van der Waals surface area contributed by atoms with Crippen molar-refractivity contribution in [1.82, 2.24) is 10.2 Å². The lowest BCUT2D eigenvalue weighted by Gasteiger charge is -2.17. The second-order valence-electron chi connectivity index (χ2n) is 8.38. The number of aryl methyl sites for hydroxylation is 1. The molecule has 3 aromatic rings. The number of anilines is 1. The minimum absolute atomic E-state index is 0.0800. The lowest BCUT2D eigenvalue weighted by molar-refractivity contribution is -0.113. The molecule has 3 aromatic carbocycles. The van der Waals surface area contributed by atoms with E-state index >= 15 is 0 Å². The van der Waals surface area contributed by atoms with Crippen molar-refractivity contribution in [3.05, 3.63) is 95.6 Å². The van der Waals surface area contributed by atoms with E-state index in [-0.39, 0.29) is 23.6 Å². The Kier molecular flexibility index (Phi) is 7.81. The molecule has 1 aliphatic rings. The molecule has 1 unspecified atom stereocenters. The van der Waals surface area contributed by atoms with Gasteiger partial charge in [0.2, 0.25) is 5.91 Å². The van der Waals surface area contributed by atoms with E-state index in [4.69, 9.17) is 0 Å². The third-order valence-corrected chi connectivity index (χ3v) is 6.76. The zero-order chi connectivity index (χ0) is 23.0. The number of nitrogens with zero attached hydrogens (tertiary/aromatic N) is 1.